The first kappa shape index (κ1) is 24.4. The van der Waals surface area contributed by atoms with E-state index in [0.717, 1.165) is 56.8 Å². The Morgan fingerprint density at radius 1 is 1.22 bits per heavy atom. The number of carbonyl (C=O) groups is 1. The minimum Gasteiger partial charge on any atom is -0.381 e. The van der Waals surface area contributed by atoms with Crippen LogP contribution in [0.15, 0.2) is 30.7 Å². The number of nitrogens with two attached hydrogens (primary N) is 1. The van der Waals surface area contributed by atoms with Gasteiger partial charge < -0.3 is 20.7 Å². The van der Waals surface area contributed by atoms with E-state index in [1.807, 2.05) is 0 Å². The molecule has 1 fully saturated rings. The molecular formula is C27H35N7O2. The second-order valence-corrected chi connectivity index (χ2v) is 10.6. The molecule has 1 aromatic carbocycles. The molecular weight excluding hydrogens is 454 g/mol. The van der Waals surface area contributed by atoms with Crippen LogP contribution < -0.4 is 11.1 Å². The number of carbonyl (C=O) groups excluding carboxylic acids is 1. The number of benzene rings is 1. The molecule has 4 heterocycles. The monoisotopic (exact) mass is 489 g/mol. The van der Waals surface area contributed by atoms with Crippen LogP contribution >= 0.6 is 0 Å². The van der Waals surface area contributed by atoms with Crippen molar-refractivity contribution in [2.75, 3.05) is 32.5 Å². The lowest BCUT2D eigenvalue weighted by Gasteiger charge is -2.37. The zero-order valence-electron chi connectivity index (χ0n) is 21.5. The number of hydrogen-bond acceptors (Lipinski definition) is 7. The third-order valence-electron chi connectivity index (χ3n) is 7.57. The number of nitrogen functional groups attached to an aromatic ring is 1. The third-order valence-corrected chi connectivity index (χ3v) is 7.57. The lowest BCUT2D eigenvalue weighted by Crippen LogP contribution is -2.50. The van der Waals surface area contributed by atoms with Gasteiger partial charge in [0.25, 0.3) is 5.91 Å². The topological polar surface area (TPSA) is 111 Å². The zero-order valence-corrected chi connectivity index (χ0v) is 21.5. The first-order chi connectivity index (χ1) is 17.2. The maximum Gasteiger partial charge on any atom is 0.254 e. The molecule has 0 radical (unpaired) electrons. The van der Waals surface area contributed by atoms with Crippen molar-refractivity contribution < 1.29 is 9.53 Å². The van der Waals surface area contributed by atoms with Crippen molar-refractivity contribution in [2.45, 2.75) is 52.1 Å². The minimum atomic E-state index is -0.347. The summed E-state index contributed by atoms with van der Waals surface area (Å²) in [6.45, 7) is 9.74. The molecule has 2 aliphatic rings. The van der Waals surface area contributed by atoms with Gasteiger partial charge in [-0.2, -0.15) is 5.10 Å². The molecule has 9 nitrogen and oxygen atoms in total. The summed E-state index contributed by atoms with van der Waals surface area (Å²) in [4.78, 5) is 24.6. The SMILES string of the molecule is Cc1cc(-c2cnc(N)c(-n3cc(C(=O)NC(C)(C)C4CCOCC4)cn3)n2)cc2c1CCN(C)C2. The van der Waals surface area contributed by atoms with Crippen molar-refractivity contribution in [1.82, 2.24) is 30.0 Å². The van der Waals surface area contributed by atoms with Crippen LogP contribution in [0.5, 0.6) is 0 Å². The Bertz CT molecular complexity index is 1280. The van der Waals surface area contributed by atoms with Gasteiger partial charge in [0, 0.05) is 43.6 Å². The van der Waals surface area contributed by atoms with E-state index in [1.54, 1.807) is 18.6 Å². The molecule has 2 aliphatic heterocycles. The molecule has 190 valence electrons. The first-order valence-electron chi connectivity index (χ1n) is 12.6. The van der Waals surface area contributed by atoms with Crippen LogP contribution in [0.2, 0.25) is 0 Å². The number of aryl methyl sites for hydroxylation is 1. The molecule has 0 atom stereocenters. The van der Waals surface area contributed by atoms with Crippen LogP contribution in [0.4, 0.5) is 5.82 Å². The molecule has 0 bridgehead atoms. The number of likely N-dealkylation sites (N-methyl/N-ethyl adjacent to an activating group) is 1. The zero-order chi connectivity index (χ0) is 25.4. The summed E-state index contributed by atoms with van der Waals surface area (Å²) >= 11 is 0. The number of anilines is 1. The highest BCUT2D eigenvalue weighted by Gasteiger charge is 2.33. The predicted molar refractivity (Wildman–Crippen MR) is 139 cm³/mol. The Labute approximate surface area is 212 Å². The number of ether oxygens (including phenoxy) is 1. The molecule has 0 unspecified atom stereocenters. The van der Waals surface area contributed by atoms with Gasteiger partial charge in [-0.25, -0.2) is 14.6 Å². The van der Waals surface area contributed by atoms with Crippen LogP contribution in [-0.2, 0) is 17.7 Å². The molecule has 2 aromatic heterocycles. The summed E-state index contributed by atoms with van der Waals surface area (Å²) in [7, 11) is 2.14. The maximum atomic E-state index is 13.1. The Morgan fingerprint density at radius 2 is 2.00 bits per heavy atom. The molecule has 3 aromatic rings. The van der Waals surface area contributed by atoms with E-state index < -0.39 is 0 Å². The van der Waals surface area contributed by atoms with Gasteiger partial charge in [-0.3, -0.25) is 4.79 Å². The standard InChI is InChI=1S/C27H35N7O2/c1-17-11-18(12-19-15-33(4)8-5-22(17)19)23-14-29-24(28)25(31-23)34-16-20(13-30-34)26(35)32-27(2,3)21-6-9-36-10-7-21/h11-14,16,21H,5-10,15H2,1-4H3,(H2,28,29)(H,32,35). The molecule has 0 spiro atoms. The Balaban J connectivity index is 1.39. The van der Waals surface area contributed by atoms with Crippen LogP contribution in [0, 0.1) is 12.8 Å². The van der Waals surface area contributed by atoms with Gasteiger partial charge in [0.15, 0.2) is 11.6 Å². The van der Waals surface area contributed by atoms with Crippen molar-refractivity contribution >= 4 is 11.7 Å². The van der Waals surface area contributed by atoms with Gasteiger partial charge in [-0.15, -0.1) is 0 Å². The highest BCUT2D eigenvalue weighted by atomic mass is 16.5. The number of hydrogen-bond donors (Lipinski definition) is 2. The summed E-state index contributed by atoms with van der Waals surface area (Å²) in [5.41, 5.74) is 12.0. The predicted octanol–water partition coefficient (Wildman–Crippen LogP) is 3.14. The number of fused-ring (bicyclic) bond motifs is 1. The average Bonchev–Trinajstić information content (AvgIpc) is 3.35. The number of nitrogens with zero attached hydrogens (tertiary/aromatic N) is 5. The summed E-state index contributed by atoms with van der Waals surface area (Å²) in [5, 5.41) is 7.57. The van der Waals surface area contributed by atoms with Crippen molar-refractivity contribution in [2.24, 2.45) is 5.92 Å². The molecule has 0 saturated carbocycles. The number of nitrogens with one attached hydrogen (secondary N) is 1. The largest absolute Gasteiger partial charge is 0.381 e. The Morgan fingerprint density at radius 3 is 2.78 bits per heavy atom. The van der Waals surface area contributed by atoms with Gasteiger partial charge in [0.2, 0.25) is 0 Å². The number of rotatable bonds is 5. The van der Waals surface area contributed by atoms with Gasteiger partial charge >= 0.3 is 0 Å². The lowest BCUT2D eigenvalue weighted by atomic mass is 9.81. The maximum absolute atomic E-state index is 13.1. The molecule has 5 rings (SSSR count). The first-order valence-corrected chi connectivity index (χ1v) is 12.6. The van der Waals surface area contributed by atoms with Gasteiger partial charge in [0.1, 0.15) is 0 Å². The van der Waals surface area contributed by atoms with Crippen molar-refractivity contribution in [3.05, 3.63) is 53.0 Å². The van der Waals surface area contributed by atoms with E-state index in [0.29, 0.717) is 17.3 Å². The Hall–Kier alpha value is -3.30. The molecule has 36 heavy (non-hydrogen) atoms. The van der Waals surface area contributed by atoms with Crippen LogP contribution in [-0.4, -0.2) is 62.9 Å². The van der Waals surface area contributed by atoms with E-state index in [1.165, 1.54) is 21.4 Å². The second-order valence-electron chi connectivity index (χ2n) is 10.6. The summed E-state index contributed by atoms with van der Waals surface area (Å²) < 4.78 is 7.00. The Kier molecular flexibility index (Phi) is 6.53. The van der Waals surface area contributed by atoms with Gasteiger partial charge in [-0.05, 0) is 81.8 Å². The summed E-state index contributed by atoms with van der Waals surface area (Å²) in [6, 6.07) is 4.36. The third kappa shape index (κ3) is 4.85. The smallest absolute Gasteiger partial charge is 0.254 e. The van der Waals surface area contributed by atoms with Crippen molar-refractivity contribution in [3.8, 4) is 17.1 Å². The molecule has 3 N–H and O–H groups in total. The average molecular weight is 490 g/mol. The normalized spacial score (nSPS) is 17.1. The van der Waals surface area contributed by atoms with Gasteiger partial charge in [0.05, 0.1) is 23.7 Å². The second kappa shape index (κ2) is 9.63. The minimum absolute atomic E-state index is 0.171. The quantitative estimate of drug-likeness (QED) is 0.566. The molecule has 1 saturated heterocycles. The van der Waals surface area contributed by atoms with E-state index in [-0.39, 0.29) is 17.3 Å². The summed E-state index contributed by atoms with van der Waals surface area (Å²) in [5.74, 6) is 0.853. The number of amides is 1. The van der Waals surface area contributed by atoms with Crippen molar-refractivity contribution in [3.63, 3.8) is 0 Å². The fourth-order valence-corrected chi connectivity index (χ4v) is 5.35. The fourth-order valence-electron chi connectivity index (χ4n) is 5.35. The van der Waals surface area contributed by atoms with E-state index in [2.05, 4.69) is 60.3 Å². The molecule has 1 amide bonds. The van der Waals surface area contributed by atoms with E-state index >= 15 is 0 Å². The molecule has 9 heteroatoms. The van der Waals surface area contributed by atoms with Crippen LogP contribution in [0.25, 0.3) is 17.1 Å². The van der Waals surface area contributed by atoms with Crippen molar-refractivity contribution in [1.29, 1.82) is 0 Å². The molecule has 0 aliphatic carbocycles. The highest BCUT2D eigenvalue weighted by Crippen LogP contribution is 2.30. The van der Waals surface area contributed by atoms with E-state index in [4.69, 9.17) is 15.5 Å². The number of aromatic nitrogens is 4. The lowest BCUT2D eigenvalue weighted by molar-refractivity contribution is 0.0355. The summed E-state index contributed by atoms with van der Waals surface area (Å²) in [6.07, 6.45) is 7.82. The van der Waals surface area contributed by atoms with Crippen LogP contribution in [0.1, 0.15) is 53.7 Å². The fraction of sp³-hybridized carbons (Fsp3) is 0.481. The van der Waals surface area contributed by atoms with E-state index in [9.17, 15) is 4.79 Å². The van der Waals surface area contributed by atoms with Gasteiger partial charge in [-0.1, -0.05) is 0 Å². The van der Waals surface area contributed by atoms with Crippen LogP contribution in [0.3, 0.4) is 0 Å². The highest BCUT2D eigenvalue weighted by molar-refractivity contribution is 5.94.